The van der Waals surface area contributed by atoms with Gasteiger partial charge >= 0.3 is 0 Å². The second-order valence-electron chi connectivity index (χ2n) is 4.21. The average molecular weight is 245 g/mol. The molecule has 1 fully saturated rings. The molecule has 2 atom stereocenters. The highest BCUT2D eigenvalue weighted by molar-refractivity contribution is 8.06. The predicted octanol–water partition coefficient (Wildman–Crippen LogP) is 3.17. The molecule has 3 heteroatoms. The third-order valence-electron chi connectivity index (χ3n) is 2.39. The van der Waals surface area contributed by atoms with Crippen LogP contribution in [0, 0.1) is 0 Å². The van der Waals surface area contributed by atoms with Gasteiger partial charge in [-0.25, -0.2) is 0 Å². The van der Waals surface area contributed by atoms with Gasteiger partial charge in [0.05, 0.1) is 0 Å². The lowest BCUT2D eigenvalue weighted by Gasteiger charge is -2.28. The van der Waals surface area contributed by atoms with Gasteiger partial charge in [0.15, 0.2) is 0 Å². The maximum absolute atomic E-state index is 3.66. The number of hydrogen-bond acceptors (Lipinski definition) is 3. The van der Waals surface area contributed by atoms with Crippen LogP contribution in [0.25, 0.3) is 0 Å². The normalized spacial score (nSPS) is 23.5. The Kier molecular flexibility index (Phi) is 6.86. The molecule has 15 heavy (non-hydrogen) atoms. The van der Waals surface area contributed by atoms with E-state index in [0.29, 0.717) is 6.04 Å². The Morgan fingerprint density at radius 1 is 1.47 bits per heavy atom. The zero-order valence-electron chi connectivity index (χ0n) is 10.1. The van der Waals surface area contributed by atoms with Crippen LogP contribution >= 0.6 is 23.5 Å². The van der Waals surface area contributed by atoms with Gasteiger partial charge in [-0.3, -0.25) is 0 Å². The summed E-state index contributed by atoms with van der Waals surface area (Å²) < 4.78 is 0. The van der Waals surface area contributed by atoms with Gasteiger partial charge in [-0.15, -0.1) is 0 Å². The topological polar surface area (TPSA) is 12.0 Å². The lowest BCUT2D eigenvalue weighted by atomic mass is 10.1. The van der Waals surface area contributed by atoms with Crippen LogP contribution in [0.15, 0.2) is 11.6 Å². The molecule has 1 N–H and O–H groups in total. The quantitative estimate of drug-likeness (QED) is 0.747. The van der Waals surface area contributed by atoms with E-state index in [1.165, 1.54) is 29.3 Å². The van der Waals surface area contributed by atoms with E-state index in [0.717, 1.165) is 11.8 Å². The average Bonchev–Trinajstić information content (AvgIpc) is 2.25. The van der Waals surface area contributed by atoms with Crippen molar-refractivity contribution in [3.05, 3.63) is 11.6 Å². The molecule has 0 spiro atoms. The van der Waals surface area contributed by atoms with Crippen LogP contribution in [0.1, 0.15) is 27.2 Å². The van der Waals surface area contributed by atoms with Crippen LogP contribution in [-0.4, -0.2) is 35.1 Å². The van der Waals surface area contributed by atoms with Crippen LogP contribution in [0.4, 0.5) is 0 Å². The van der Waals surface area contributed by atoms with Crippen molar-refractivity contribution >= 4 is 23.5 Å². The monoisotopic (exact) mass is 245 g/mol. The Morgan fingerprint density at radius 2 is 2.27 bits per heavy atom. The third-order valence-corrected chi connectivity index (χ3v) is 5.27. The molecular formula is C12H23NS2. The van der Waals surface area contributed by atoms with Gasteiger partial charge in [0.1, 0.15) is 0 Å². The number of nitrogens with one attached hydrogen (secondary N) is 1. The van der Waals surface area contributed by atoms with Crippen LogP contribution in [0.2, 0.25) is 0 Å². The summed E-state index contributed by atoms with van der Waals surface area (Å²) in [6.07, 6.45) is 3.62. The van der Waals surface area contributed by atoms with E-state index in [1.54, 1.807) is 0 Å². The Labute approximate surface area is 103 Å². The first-order chi connectivity index (χ1) is 7.24. The summed E-state index contributed by atoms with van der Waals surface area (Å²) in [5.41, 5.74) is 1.43. The zero-order chi connectivity index (χ0) is 11.1. The van der Waals surface area contributed by atoms with Gasteiger partial charge in [0.2, 0.25) is 0 Å². The number of rotatable bonds is 5. The standard InChI is InChI=1S/C12H23NS2/c1-4-5-13-11(8-10(2)3)12-9-14-6-7-15-12/h8,11-13H,4-7,9H2,1-3H3. The van der Waals surface area contributed by atoms with Gasteiger partial charge in [0, 0.05) is 28.6 Å². The van der Waals surface area contributed by atoms with Crippen LogP contribution in [-0.2, 0) is 0 Å². The number of hydrogen-bond donors (Lipinski definition) is 1. The fourth-order valence-corrected chi connectivity index (χ4v) is 4.50. The van der Waals surface area contributed by atoms with E-state index >= 15 is 0 Å². The minimum Gasteiger partial charge on any atom is -0.309 e. The fourth-order valence-electron chi connectivity index (χ4n) is 1.68. The second-order valence-corrected chi connectivity index (χ2v) is 6.70. The van der Waals surface area contributed by atoms with E-state index < -0.39 is 0 Å². The minimum atomic E-state index is 0.577. The summed E-state index contributed by atoms with van der Waals surface area (Å²) in [7, 11) is 0. The molecule has 88 valence electrons. The molecule has 1 heterocycles. The minimum absolute atomic E-state index is 0.577. The Balaban J connectivity index is 2.49. The molecule has 1 saturated heterocycles. The van der Waals surface area contributed by atoms with Crippen molar-refractivity contribution in [2.45, 2.75) is 38.5 Å². The third kappa shape index (κ3) is 5.32. The maximum atomic E-state index is 3.66. The van der Waals surface area contributed by atoms with Crippen molar-refractivity contribution in [3.8, 4) is 0 Å². The van der Waals surface area contributed by atoms with Crippen molar-refractivity contribution in [1.29, 1.82) is 0 Å². The van der Waals surface area contributed by atoms with Crippen molar-refractivity contribution in [2.75, 3.05) is 23.8 Å². The van der Waals surface area contributed by atoms with Crippen LogP contribution in [0.5, 0.6) is 0 Å². The largest absolute Gasteiger partial charge is 0.309 e. The van der Waals surface area contributed by atoms with E-state index in [-0.39, 0.29) is 0 Å². The molecule has 0 amide bonds. The molecule has 0 aromatic carbocycles. The van der Waals surface area contributed by atoms with Gasteiger partial charge in [-0.1, -0.05) is 18.6 Å². The Hall–Kier alpha value is 0.400. The summed E-state index contributed by atoms with van der Waals surface area (Å²) in [6, 6.07) is 0.577. The molecule has 0 bridgehead atoms. The van der Waals surface area contributed by atoms with Crippen molar-refractivity contribution < 1.29 is 0 Å². The lowest BCUT2D eigenvalue weighted by molar-refractivity contribution is 0.582. The van der Waals surface area contributed by atoms with Gasteiger partial charge in [-0.2, -0.15) is 23.5 Å². The fraction of sp³-hybridized carbons (Fsp3) is 0.833. The molecule has 1 aliphatic rings. The summed E-state index contributed by atoms with van der Waals surface area (Å²) in [4.78, 5) is 0. The summed E-state index contributed by atoms with van der Waals surface area (Å²) in [5, 5.41) is 4.43. The SMILES string of the molecule is CCCNC(C=C(C)C)C1CSCCS1. The molecule has 2 unspecified atom stereocenters. The molecule has 1 nitrogen and oxygen atoms in total. The highest BCUT2D eigenvalue weighted by Crippen LogP contribution is 2.27. The van der Waals surface area contributed by atoms with Crippen molar-refractivity contribution in [1.82, 2.24) is 5.32 Å². The number of thioether (sulfide) groups is 2. The van der Waals surface area contributed by atoms with Gasteiger partial charge < -0.3 is 5.32 Å². The molecule has 0 aromatic heterocycles. The van der Waals surface area contributed by atoms with Gasteiger partial charge in [-0.05, 0) is 26.8 Å². The molecule has 1 aliphatic heterocycles. The maximum Gasteiger partial charge on any atom is 0.0380 e. The molecule has 0 aromatic rings. The molecule has 0 radical (unpaired) electrons. The number of allylic oxidation sites excluding steroid dienone is 1. The summed E-state index contributed by atoms with van der Waals surface area (Å²) in [5.74, 6) is 3.95. The smallest absolute Gasteiger partial charge is 0.0380 e. The van der Waals surface area contributed by atoms with Crippen LogP contribution in [0.3, 0.4) is 0 Å². The van der Waals surface area contributed by atoms with Crippen LogP contribution < -0.4 is 5.32 Å². The summed E-state index contributed by atoms with van der Waals surface area (Å²) in [6.45, 7) is 7.76. The van der Waals surface area contributed by atoms with Gasteiger partial charge in [0.25, 0.3) is 0 Å². The van der Waals surface area contributed by atoms with E-state index in [4.69, 9.17) is 0 Å². The lowest BCUT2D eigenvalue weighted by Crippen LogP contribution is -2.40. The van der Waals surface area contributed by atoms with Crippen molar-refractivity contribution in [3.63, 3.8) is 0 Å². The molecular weight excluding hydrogens is 222 g/mol. The van der Waals surface area contributed by atoms with Crippen molar-refractivity contribution in [2.24, 2.45) is 0 Å². The van der Waals surface area contributed by atoms with E-state index in [9.17, 15) is 0 Å². The first kappa shape index (κ1) is 13.5. The highest BCUT2D eigenvalue weighted by Gasteiger charge is 2.22. The Bertz CT molecular complexity index is 194. The molecule has 1 rings (SSSR count). The Morgan fingerprint density at radius 3 is 2.80 bits per heavy atom. The summed E-state index contributed by atoms with van der Waals surface area (Å²) >= 11 is 4.24. The first-order valence-corrected chi connectivity index (χ1v) is 8.02. The predicted molar refractivity (Wildman–Crippen MR) is 75.1 cm³/mol. The first-order valence-electron chi connectivity index (χ1n) is 5.81. The highest BCUT2D eigenvalue weighted by atomic mass is 32.2. The molecule has 0 aliphatic carbocycles. The zero-order valence-corrected chi connectivity index (χ0v) is 11.7. The van der Waals surface area contributed by atoms with E-state index in [1.807, 2.05) is 0 Å². The van der Waals surface area contributed by atoms with E-state index in [2.05, 4.69) is 55.7 Å². The second kappa shape index (κ2) is 7.64. The molecule has 0 saturated carbocycles.